The summed E-state index contributed by atoms with van der Waals surface area (Å²) in [5.74, 6) is 0.177. The van der Waals surface area contributed by atoms with Crippen molar-refractivity contribution in [3.05, 3.63) is 24.0 Å². The van der Waals surface area contributed by atoms with Crippen molar-refractivity contribution in [2.75, 3.05) is 29.3 Å². The van der Waals surface area contributed by atoms with Crippen molar-refractivity contribution in [1.29, 1.82) is 0 Å². The summed E-state index contributed by atoms with van der Waals surface area (Å²) in [6, 6.07) is 4.31. The number of nitrogens with one attached hydrogen (secondary N) is 1. The molecule has 0 aromatic heterocycles. The molecule has 0 spiro atoms. The van der Waals surface area contributed by atoms with Gasteiger partial charge in [-0.05, 0) is 50.5 Å². The first-order valence-electron chi connectivity index (χ1n) is 6.94. The van der Waals surface area contributed by atoms with Crippen molar-refractivity contribution in [1.82, 2.24) is 0 Å². The Morgan fingerprint density at radius 3 is 2.67 bits per heavy atom. The molecule has 4 nitrogen and oxygen atoms in total. The van der Waals surface area contributed by atoms with Crippen molar-refractivity contribution >= 4 is 29.0 Å². The number of halogens is 1. The number of benzene rings is 1. The van der Waals surface area contributed by atoms with Gasteiger partial charge in [0.1, 0.15) is 5.82 Å². The Kier molecular flexibility index (Phi) is 6.98. The molecule has 0 fully saturated rings. The Morgan fingerprint density at radius 2 is 2.14 bits per heavy atom. The van der Waals surface area contributed by atoms with Gasteiger partial charge in [0.05, 0.1) is 11.7 Å². The summed E-state index contributed by atoms with van der Waals surface area (Å²) in [4.78, 5) is 13.7. The summed E-state index contributed by atoms with van der Waals surface area (Å²) < 4.78 is 14.1. The van der Waals surface area contributed by atoms with Gasteiger partial charge in [0.15, 0.2) is 0 Å². The van der Waals surface area contributed by atoms with Gasteiger partial charge in [-0.15, -0.1) is 0 Å². The summed E-state index contributed by atoms with van der Waals surface area (Å²) in [5, 5.41) is 2.66. The second-order valence-electron chi connectivity index (χ2n) is 5.25. The van der Waals surface area contributed by atoms with E-state index in [4.69, 9.17) is 5.73 Å². The van der Waals surface area contributed by atoms with Crippen LogP contribution < -0.4 is 16.0 Å². The molecule has 1 aromatic rings. The monoisotopic (exact) mass is 313 g/mol. The minimum atomic E-state index is -0.571. The van der Waals surface area contributed by atoms with Crippen molar-refractivity contribution in [2.45, 2.75) is 32.4 Å². The van der Waals surface area contributed by atoms with Gasteiger partial charge < -0.3 is 16.0 Å². The van der Waals surface area contributed by atoms with Crippen LogP contribution in [0.1, 0.15) is 20.3 Å². The Balaban J connectivity index is 2.74. The van der Waals surface area contributed by atoms with Crippen molar-refractivity contribution in [2.24, 2.45) is 5.73 Å². The van der Waals surface area contributed by atoms with Crippen LogP contribution in [0.3, 0.4) is 0 Å². The normalized spacial score (nSPS) is 12.3. The fourth-order valence-corrected chi connectivity index (χ4v) is 2.25. The number of thioether (sulfide) groups is 1. The Morgan fingerprint density at radius 1 is 1.48 bits per heavy atom. The summed E-state index contributed by atoms with van der Waals surface area (Å²) in [6.07, 6.45) is 2.56. The van der Waals surface area contributed by atoms with Gasteiger partial charge in [0.2, 0.25) is 5.91 Å². The number of hydrogen-bond acceptors (Lipinski definition) is 4. The smallest absolute Gasteiger partial charge is 0.241 e. The number of carbonyl (C=O) groups excluding carboxylic acids is 1. The molecule has 0 unspecified atom stereocenters. The van der Waals surface area contributed by atoms with Crippen LogP contribution in [0, 0.1) is 5.82 Å². The number of anilines is 2. The van der Waals surface area contributed by atoms with E-state index in [0.29, 0.717) is 17.8 Å². The Bertz CT molecular complexity index is 482. The molecule has 0 radical (unpaired) electrons. The lowest BCUT2D eigenvalue weighted by atomic mass is 10.2. The predicted octanol–water partition coefficient (Wildman–Crippen LogP) is 2.69. The SMILES string of the molecule is CSCC[C@@H](N)C(=O)Nc1ccc(N(C)C(C)C)c(F)c1. The van der Waals surface area contributed by atoms with Crippen LogP contribution >= 0.6 is 11.8 Å². The first-order chi connectivity index (χ1) is 9.86. The highest BCUT2D eigenvalue weighted by molar-refractivity contribution is 7.98. The number of nitrogens with two attached hydrogens (primary N) is 1. The molecule has 0 aliphatic carbocycles. The van der Waals surface area contributed by atoms with Gasteiger partial charge in [0.25, 0.3) is 0 Å². The van der Waals surface area contributed by atoms with Crippen molar-refractivity contribution < 1.29 is 9.18 Å². The standard InChI is InChI=1S/C15H24FN3OS/c1-10(2)19(3)14-6-5-11(9-12(14)16)18-15(20)13(17)7-8-21-4/h5-6,9-10,13H,7-8,17H2,1-4H3,(H,18,20)/t13-/m1/s1. The second-order valence-corrected chi connectivity index (χ2v) is 6.23. The maximum absolute atomic E-state index is 14.1. The molecule has 0 bridgehead atoms. The molecule has 0 saturated carbocycles. The molecule has 3 N–H and O–H groups in total. The third-order valence-electron chi connectivity index (χ3n) is 3.34. The third-order valence-corrected chi connectivity index (χ3v) is 3.98. The van der Waals surface area contributed by atoms with E-state index in [1.807, 2.05) is 32.1 Å². The minimum Gasteiger partial charge on any atom is -0.370 e. The maximum atomic E-state index is 14.1. The van der Waals surface area contributed by atoms with Gasteiger partial charge in [-0.1, -0.05) is 0 Å². The lowest BCUT2D eigenvalue weighted by molar-refractivity contribution is -0.117. The number of nitrogens with zero attached hydrogens (tertiary/aromatic N) is 1. The zero-order valence-corrected chi connectivity index (χ0v) is 13.8. The predicted molar refractivity (Wildman–Crippen MR) is 89.5 cm³/mol. The third kappa shape index (κ3) is 5.21. The molecule has 21 heavy (non-hydrogen) atoms. The quantitative estimate of drug-likeness (QED) is 0.812. The Hall–Kier alpha value is -1.27. The van der Waals surface area contributed by atoms with Gasteiger partial charge >= 0.3 is 0 Å². The summed E-state index contributed by atoms with van der Waals surface area (Å²) >= 11 is 1.64. The molecule has 6 heteroatoms. The molecular formula is C15H24FN3OS. The number of rotatable bonds is 7. The topological polar surface area (TPSA) is 58.4 Å². The lowest BCUT2D eigenvalue weighted by Gasteiger charge is -2.24. The average molecular weight is 313 g/mol. The van der Waals surface area contributed by atoms with Gasteiger partial charge in [-0.2, -0.15) is 11.8 Å². The number of amides is 1. The summed E-state index contributed by atoms with van der Waals surface area (Å²) in [7, 11) is 1.83. The fourth-order valence-electron chi connectivity index (χ4n) is 1.76. The molecule has 1 aromatic carbocycles. The van der Waals surface area contributed by atoms with Crippen LogP contribution in [-0.2, 0) is 4.79 Å². The average Bonchev–Trinajstić information content (AvgIpc) is 2.44. The van der Waals surface area contributed by atoms with Crippen LogP contribution in [0.4, 0.5) is 15.8 Å². The zero-order chi connectivity index (χ0) is 16.0. The minimum absolute atomic E-state index is 0.194. The molecule has 118 valence electrons. The molecule has 0 saturated heterocycles. The molecule has 1 amide bonds. The van der Waals surface area contributed by atoms with Crippen LogP contribution in [0.5, 0.6) is 0 Å². The van der Waals surface area contributed by atoms with E-state index in [0.717, 1.165) is 5.75 Å². The van der Waals surface area contributed by atoms with E-state index in [9.17, 15) is 9.18 Å². The van der Waals surface area contributed by atoms with Crippen LogP contribution in [0.15, 0.2) is 18.2 Å². The first kappa shape index (κ1) is 17.8. The van der Waals surface area contributed by atoms with Crippen LogP contribution in [-0.4, -0.2) is 37.0 Å². The molecule has 0 aliphatic rings. The number of hydrogen-bond donors (Lipinski definition) is 2. The molecule has 0 heterocycles. The van der Waals surface area contributed by atoms with E-state index in [1.165, 1.54) is 6.07 Å². The largest absolute Gasteiger partial charge is 0.370 e. The molecule has 0 aliphatic heterocycles. The summed E-state index contributed by atoms with van der Waals surface area (Å²) in [6.45, 7) is 3.97. The molecule has 1 atom stereocenters. The second kappa shape index (κ2) is 8.24. The van der Waals surface area contributed by atoms with E-state index in [1.54, 1.807) is 23.9 Å². The summed E-state index contributed by atoms with van der Waals surface area (Å²) in [5.41, 5.74) is 6.72. The van der Waals surface area contributed by atoms with E-state index >= 15 is 0 Å². The highest BCUT2D eigenvalue weighted by Crippen LogP contribution is 2.23. The van der Waals surface area contributed by atoms with E-state index in [2.05, 4.69) is 5.32 Å². The van der Waals surface area contributed by atoms with Crippen molar-refractivity contribution in [3.63, 3.8) is 0 Å². The fraction of sp³-hybridized carbons (Fsp3) is 0.533. The van der Waals surface area contributed by atoms with Gasteiger partial charge in [-0.3, -0.25) is 4.79 Å². The molecular weight excluding hydrogens is 289 g/mol. The first-order valence-corrected chi connectivity index (χ1v) is 8.34. The molecule has 1 rings (SSSR count). The van der Waals surface area contributed by atoms with E-state index < -0.39 is 6.04 Å². The number of carbonyl (C=O) groups is 1. The van der Waals surface area contributed by atoms with Crippen LogP contribution in [0.25, 0.3) is 0 Å². The van der Waals surface area contributed by atoms with E-state index in [-0.39, 0.29) is 17.8 Å². The lowest BCUT2D eigenvalue weighted by Crippen LogP contribution is -2.36. The van der Waals surface area contributed by atoms with Gasteiger partial charge in [0, 0.05) is 18.8 Å². The maximum Gasteiger partial charge on any atom is 0.241 e. The highest BCUT2D eigenvalue weighted by atomic mass is 32.2. The highest BCUT2D eigenvalue weighted by Gasteiger charge is 2.15. The van der Waals surface area contributed by atoms with Crippen LogP contribution in [0.2, 0.25) is 0 Å². The zero-order valence-electron chi connectivity index (χ0n) is 13.0. The Labute approximate surface area is 130 Å². The van der Waals surface area contributed by atoms with Crippen molar-refractivity contribution in [3.8, 4) is 0 Å². The van der Waals surface area contributed by atoms with Gasteiger partial charge in [-0.25, -0.2) is 4.39 Å².